The maximum atomic E-state index is 6.31. The number of rotatable bonds is 9. The highest BCUT2D eigenvalue weighted by atomic mass is 16.5. The Morgan fingerprint density at radius 2 is 0.640 bits per heavy atom. The molecule has 10 aromatic carbocycles. The first-order valence-electron chi connectivity index (χ1n) is 17.5. The standard InChI is InChI=1S/C48H34O2/c1-3-33-13-15-37-17-19-39(43-27-21-35(5-1)45(33)47(37)43)29-49-41-23-9-31(10-24-41)7-8-32-11-25-42(26-12-32)50-30-40-20-18-38-16-14-34-4-2-6-36-22-28-44(40)48(38)46(34)36/h1-6,9-28H,7-8,29-30H2. The molecule has 0 fully saturated rings. The fourth-order valence-corrected chi connectivity index (χ4v) is 7.96. The summed E-state index contributed by atoms with van der Waals surface area (Å²) < 4.78 is 12.6. The van der Waals surface area contributed by atoms with Gasteiger partial charge in [-0.05, 0) is 124 Å². The van der Waals surface area contributed by atoms with Crippen LogP contribution in [0.2, 0.25) is 0 Å². The average molecular weight is 643 g/mol. The van der Waals surface area contributed by atoms with Crippen molar-refractivity contribution in [2.24, 2.45) is 0 Å². The average Bonchev–Trinajstić information content (AvgIpc) is 3.18. The van der Waals surface area contributed by atoms with E-state index in [1.807, 2.05) is 0 Å². The Kier molecular flexibility index (Phi) is 6.80. The molecule has 0 radical (unpaired) electrons. The zero-order valence-corrected chi connectivity index (χ0v) is 27.7. The van der Waals surface area contributed by atoms with Gasteiger partial charge in [-0.1, -0.05) is 133 Å². The summed E-state index contributed by atoms with van der Waals surface area (Å²) in [5.74, 6) is 1.79. The number of benzene rings is 10. The molecule has 0 heterocycles. The van der Waals surface area contributed by atoms with Crippen LogP contribution < -0.4 is 9.47 Å². The SMILES string of the molecule is c1cc2ccc3ccc(COc4ccc(CCc5ccc(OCc6ccc7ccc8cccc9ccc6c7c89)cc5)cc4)c4ccc(c1)c2c34. The topological polar surface area (TPSA) is 18.5 Å². The normalized spacial score (nSPS) is 11.9. The van der Waals surface area contributed by atoms with Crippen molar-refractivity contribution in [1.82, 2.24) is 0 Å². The Balaban J connectivity index is 0.777. The summed E-state index contributed by atoms with van der Waals surface area (Å²) in [4.78, 5) is 0. The van der Waals surface area contributed by atoms with Gasteiger partial charge in [0.25, 0.3) is 0 Å². The van der Waals surface area contributed by atoms with Crippen LogP contribution in [0, 0.1) is 0 Å². The van der Waals surface area contributed by atoms with Crippen LogP contribution in [-0.4, -0.2) is 0 Å². The van der Waals surface area contributed by atoms with Crippen LogP contribution in [0.1, 0.15) is 22.3 Å². The smallest absolute Gasteiger partial charge is 0.119 e. The van der Waals surface area contributed by atoms with Crippen molar-refractivity contribution in [3.63, 3.8) is 0 Å². The fourth-order valence-electron chi connectivity index (χ4n) is 7.96. The molecule has 2 nitrogen and oxygen atoms in total. The van der Waals surface area contributed by atoms with Gasteiger partial charge in [0.05, 0.1) is 0 Å². The van der Waals surface area contributed by atoms with E-state index >= 15 is 0 Å². The lowest BCUT2D eigenvalue weighted by Gasteiger charge is -2.15. The van der Waals surface area contributed by atoms with Gasteiger partial charge in [0.15, 0.2) is 0 Å². The predicted octanol–water partition coefficient (Wildman–Crippen LogP) is 12.4. The molecule has 238 valence electrons. The fraction of sp³-hybridized carbons (Fsp3) is 0.0833. The molecule has 0 aliphatic carbocycles. The van der Waals surface area contributed by atoms with E-state index in [2.05, 4.69) is 158 Å². The molecule has 0 N–H and O–H groups in total. The van der Waals surface area contributed by atoms with Crippen LogP contribution in [-0.2, 0) is 26.1 Å². The first-order chi connectivity index (χ1) is 24.7. The number of ether oxygens (including phenoxy) is 2. The van der Waals surface area contributed by atoms with E-state index in [1.54, 1.807) is 0 Å². The molecule has 10 aromatic rings. The molecule has 10 rings (SSSR count). The van der Waals surface area contributed by atoms with E-state index in [1.165, 1.54) is 86.9 Å². The van der Waals surface area contributed by atoms with Crippen LogP contribution in [0.5, 0.6) is 11.5 Å². The number of hydrogen-bond acceptors (Lipinski definition) is 2. The van der Waals surface area contributed by atoms with Crippen molar-refractivity contribution >= 4 is 64.6 Å². The molecule has 0 aliphatic heterocycles. The van der Waals surface area contributed by atoms with E-state index in [4.69, 9.17) is 9.47 Å². The summed E-state index contributed by atoms with van der Waals surface area (Å²) in [5.41, 5.74) is 5.02. The predicted molar refractivity (Wildman–Crippen MR) is 209 cm³/mol. The van der Waals surface area contributed by atoms with Crippen LogP contribution in [0.15, 0.2) is 158 Å². The summed E-state index contributed by atoms with van der Waals surface area (Å²) in [6, 6.07) is 57.0. The maximum Gasteiger partial charge on any atom is 0.119 e. The molecule has 0 spiro atoms. The van der Waals surface area contributed by atoms with Gasteiger partial charge in [-0.3, -0.25) is 0 Å². The van der Waals surface area contributed by atoms with Gasteiger partial charge in [0, 0.05) is 0 Å². The van der Waals surface area contributed by atoms with Gasteiger partial charge in [-0.25, -0.2) is 0 Å². The highest BCUT2D eigenvalue weighted by Gasteiger charge is 2.13. The third-order valence-corrected chi connectivity index (χ3v) is 10.6. The molecule has 0 aromatic heterocycles. The first-order valence-corrected chi connectivity index (χ1v) is 17.5. The second-order valence-electron chi connectivity index (χ2n) is 13.5. The zero-order valence-electron chi connectivity index (χ0n) is 27.7. The van der Waals surface area contributed by atoms with Crippen LogP contribution in [0.4, 0.5) is 0 Å². The van der Waals surface area contributed by atoms with Gasteiger partial charge < -0.3 is 9.47 Å². The summed E-state index contributed by atoms with van der Waals surface area (Å²) in [6.45, 7) is 1.08. The Bertz CT molecular complexity index is 2570. The van der Waals surface area contributed by atoms with Gasteiger partial charge in [-0.2, -0.15) is 0 Å². The maximum absolute atomic E-state index is 6.31. The highest BCUT2D eigenvalue weighted by molar-refractivity contribution is 6.24. The van der Waals surface area contributed by atoms with Gasteiger partial charge >= 0.3 is 0 Å². The van der Waals surface area contributed by atoms with E-state index in [-0.39, 0.29) is 0 Å². The van der Waals surface area contributed by atoms with Gasteiger partial charge in [0.1, 0.15) is 24.7 Å². The quantitative estimate of drug-likeness (QED) is 0.146. The summed E-state index contributed by atoms with van der Waals surface area (Å²) in [6.07, 6.45) is 1.94. The monoisotopic (exact) mass is 642 g/mol. The number of hydrogen-bond donors (Lipinski definition) is 0. The minimum Gasteiger partial charge on any atom is -0.489 e. The van der Waals surface area contributed by atoms with Crippen molar-refractivity contribution in [2.45, 2.75) is 26.1 Å². The molecule has 2 heteroatoms. The van der Waals surface area contributed by atoms with Crippen LogP contribution in [0.3, 0.4) is 0 Å². The molecule has 0 saturated heterocycles. The van der Waals surface area contributed by atoms with Crippen molar-refractivity contribution in [3.8, 4) is 11.5 Å². The van der Waals surface area contributed by atoms with E-state index in [9.17, 15) is 0 Å². The second kappa shape index (κ2) is 11.8. The molecule has 0 saturated carbocycles. The Hall–Kier alpha value is -6.12. The molecule has 0 bridgehead atoms. The Labute approximate surface area is 290 Å². The lowest BCUT2D eigenvalue weighted by Crippen LogP contribution is -1.98. The first kappa shape index (κ1) is 28.9. The van der Waals surface area contributed by atoms with Crippen molar-refractivity contribution < 1.29 is 9.47 Å². The third-order valence-electron chi connectivity index (χ3n) is 10.6. The second-order valence-corrected chi connectivity index (χ2v) is 13.5. The minimum absolute atomic E-state index is 0.540. The lowest BCUT2D eigenvalue weighted by molar-refractivity contribution is 0.307. The van der Waals surface area contributed by atoms with E-state index in [0.29, 0.717) is 13.2 Å². The Morgan fingerprint density at radius 3 is 1.04 bits per heavy atom. The summed E-state index contributed by atoms with van der Waals surface area (Å²) in [7, 11) is 0. The summed E-state index contributed by atoms with van der Waals surface area (Å²) in [5, 5.41) is 15.6. The Morgan fingerprint density at radius 1 is 0.300 bits per heavy atom. The van der Waals surface area contributed by atoms with Crippen molar-refractivity contribution in [2.75, 3.05) is 0 Å². The molecular formula is C48H34O2. The van der Waals surface area contributed by atoms with E-state index < -0.39 is 0 Å². The molecule has 0 amide bonds. The molecule has 0 unspecified atom stereocenters. The largest absolute Gasteiger partial charge is 0.489 e. The van der Waals surface area contributed by atoms with Crippen LogP contribution in [0.25, 0.3) is 64.6 Å². The van der Waals surface area contributed by atoms with Crippen molar-refractivity contribution in [3.05, 3.63) is 180 Å². The molecule has 0 atom stereocenters. The van der Waals surface area contributed by atoms with Crippen molar-refractivity contribution in [1.29, 1.82) is 0 Å². The number of aryl methyl sites for hydroxylation is 2. The molecule has 50 heavy (non-hydrogen) atoms. The molecule has 0 aliphatic rings. The molecular weight excluding hydrogens is 609 g/mol. The third kappa shape index (κ3) is 4.95. The minimum atomic E-state index is 0.540. The van der Waals surface area contributed by atoms with Crippen LogP contribution >= 0.6 is 0 Å². The van der Waals surface area contributed by atoms with Gasteiger partial charge in [0.2, 0.25) is 0 Å². The zero-order chi connectivity index (χ0) is 33.0. The lowest BCUT2D eigenvalue weighted by atomic mass is 9.92. The van der Waals surface area contributed by atoms with E-state index in [0.717, 1.165) is 24.3 Å². The highest BCUT2D eigenvalue weighted by Crippen LogP contribution is 2.38. The van der Waals surface area contributed by atoms with Gasteiger partial charge in [-0.15, -0.1) is 0 Å². The summed E-state index contributed by atoms with van der Waals surface area (Å²) >= 11 is 0.